The van der Waals surface area contributed by atoms with Gasteiger partial charge in [0.15, 0.2) is 0 Å². The number of phenols is 1. The summed E-state index contributed by atoms with van der Waals surface area (Å²) in [7, 11) is 0. The number of carboxylic acids is 2. The molecule has 0 spiro atoms. The molecular weight excluding hydrogens is 414 g/mol. The van der Waals surface area contributed by atoms with Gasteiger partial charge in [-0.2, -0.15) is 11.8 Å². The van der Waals surface area contributed by atoms with Crippen LogP contribution in [0.25, 0.3) is 0 Å². The number of thioether (sulfide) groups is 1. The first-order valence-corrected chi connectivity index (χ1v) is 10.6. The van der Waals surface area contributed by atoms with E-state index in [1.165, 1.54) is 23.9 Å². The van der Waals surface area contributed by atoms with Crippen molar-refractivity contribution in [2.75, 3.05) is 12.0 Å². The Kier molecular flexibility index (Phi) is 10.7. The molecule has 0 heterocycles. The van der Waals surface area contributed by atoms with Crippen LogP contribution in [0.4, 0.5) is 0 Å². The Morgan fingerprint density at radius 1 is 1.00 bits per heavy atom. The SMILES string of the molecule is CSCCC(NC(=O)C(N)Cc1ccc(O)cc1)C(=O)NC(CCC(=O)O)C(=O)O. The number of rotatable bonds is 13. The minimum atomic E-state index is -1.38. The third-order valence-corrected chi connectivity index (χ3v) is 4.88. The summed E-state index contributed by atoms with van der Waals surface area (Å²) in [6.45, 7) is 0. The van der Waals surface area contributed by atoms with Crippen LogP contribution in [0.15, 0.2) is 24.3 Å². The lowest BCUT2D eigenvalue weighted by Crippen LogP contribution is -2.55. The summed E-state index contributed by atoms with van der Waals surface area (Å²) in [5.41, 5.74) is 6.65. The number of amides is 2. The lowest BCUT2D eigenvalue weighted by atomic mass is 10.0. The van der Waals surface area contributed by atoms with Gasteiger partial charge in [-0.1, -0.05) is 12.1 Å². The molecule has 11 heteroatoms. The van der Waals surface area contributed by atoms with Gasteiger partial charge in [-0.3, -0.25) is 14.4 Å². The van der Waals surface area contributed by atoms with Gasteiger partial charge in [-0.05, 0) is 49.0 Å². The van der Waals surface area contributed by atoms with E-state index >= 15 is 0 Å². The van der Waals surface area contributed by atoms with E-state index in [1.807, 2.05) is 6.26 Å². The van der Waals surface area contributed by atoms with E-state index in [0.29, 0.717) is 5.75 Å². The third kappa shape index (κ3) is 9.14. The number of hydrogen-bond acceptors (Lipinski definition) is 7. The van der Waals surface area contributed by atoms with Crippen molar-refractivity contribution >= 4 is 35.5 Å². The number of carbonyl (C=O) groups excluding carboxylic acids is 2. The number of carbonyl (C=O) groups is 4. The van der Waals surface area contributed by atoms with Crippen LogP contribution < -0.4 is 16.4 Å². The molecule has 2 amide bonds. The van der Waals surface area contributed by atoms with E-state index in [2.05, 4.69) is 10.6 Å². The Morgan fingerprint density at radius 3 is 2.13 bits per heavy atom. The number of hydrogen-bond donors (Lipinski definition) is 6. The highest BCUT2D eigenvalue weighted by atomic mass is 32.2. The summed E-state index contributed by atoms with van der Waals surface area (Å²) < 4.78 is 0. The van der Waals surface area contributed by atoms with Gasteiger partial charge < -0.3 is 31.7 Å². The van der Waals surface area contributed by atoms with Crippen LogP contribution in [0.1, 0.15) is 24.8 Å². The minimum absolute atomic E-state index is 0.0847. The topological polar surface area (TPSA) is 179 Å². The average molecular weight is 442 g/mol. The van der Waals surface area contributed by atoms with E-state index < -0.39 is 48.3 Å². The highest BCUT2D eigenvalue weighted by Crippen LogP contribution is 2.11. The average Bonchev–Trinajstić information content (AvgIpc) is 2.69. The van der Waals surface area contributed by atoms with Gasteiger partial charge in [0, 0.05) is 6.42 Å². The molecule has 0 fully saturated rings. The zero-order chi connectivity index (χ0) is 22.7. The lowest BCUT2D eigenvalue weighted by Gasteiger charge is -2.22. The van der Waals surface area contributed by atoms with Crippen molar-refractivity contribution in [1.29, 1.82) is 0 Å². The fraction of sp³-hybridized carbons (Fsp3) is 0.474. The lowest BCUT2D eigenvalue weighted by molar-refractivity contribution is -0.143. The van der Waals surface area contributed by atoms with Crippen molar-refractivity contribution < 1.29 is 34.5 Å². The maximum atomic E-state index is 12.5. The summed E-state index contributed by atoms with van der Waals surface area (Å²) in [4.78, 5) is 47.0. The molecule has 0 aliphatic rings. The first-order valence-electron chi connectivity index (χ1n) is 9.21. The molecule has 0 saturated heterocycles. The predicted molar refractivity (Wildman–Crippen MR) is 111 cm³/mol. The Balaban J connectivity index is 2.76. The molecule has 0 radical (unpaired) electrons. The molecule has 0 saturated carbocycles. The molecule has 0 bridgehead atoms. The summed E-state index contributed by atoms with van der Waals surface area (Å²) in [5.74, 6) is -3.22. The van der Waals surface area contributed by atoms with Crippen LogP contribution in [0, 0.1) is 0 Å². The number of benzene rings is 1. The van der Waals surface area contributed by atoms with Crippen LogP contribution in [0.3, 0.4) is 0 Å². The molecule has 1 rings (SSSR count). The molecule has 3 atom stereocenters. The molecule has 1 aromatic carbocycles. The van der Waals surface area contributed by atoms with Crippen molar-refractivity contribution in [3.63, 3.8) is 0 Å². The summed E-state index contributed by atoms with van der Waals surface area (Å²) in [6, 6.07) is 2.84. The number of aliphatic carboxylic acids is 2. The van der Waals surface area contributed by atoms with Crippen molar-refractivity contribution in [2.24, 2.45) is 5.73 Å². The highest BCUT2D eigenvalue weighted by Gasteiger charge is 2.28. The van der Waals surface area contributed by atoms with E-state index in [-0.39, 0.29) is 25.0 Å². The first-order chi connectivity index (χ1) is 14.1. The monoisotopic (exact) mass is 441 g/mol. The maximum absolute atomic E-state index is 12.5. The van der Waals surface area contributed by atoms with Crippen molar-refractivity contribution in [2.45, 2.75) is 43.8 Å². The number of nitrogens with two attached hydrogens (primary N) is 1. The first kappa shape index (κ1) is 25.2. The summed E-state index contributed by atoms with van der Waals surface area (Å²) >= 11 is 1.45. The fourth-order valence-electron chi connectivity index (χ4n) is 2.56. The van der Waals surface area contributed by atoms with E-state index in [0.717, 1.165) is 5.56 Å². The van der Waals surface area contributed by atoms with Crippen LogP contribution in [0.5, 0.6) is 5.75 Å². The van der Waals surface area contributed by atoms with Gasteiger partial charge in [0.2, 0.25) is 11.8 Å². The van der Waals surface area contributed by atoms with Crippen LogP contribution in [-0.4, -0.2) is 69.2 Å². The Hall–Kier alpha value is -2.79. The molecule has 0 aliphatic carbocycles. The van der Waals surface area contributed by atoms with Crippen LogP contribution >= 0.6 is 11.8 Å². The molecule has 0 aromatic heterocycles. The second kappa shape index (κ2) is 12.7. The molecule has 30 heavy (non-hydrogen) atoms. The second-order valence-corrected chi connectivity index (χ2v) is 7.64. The molecule has 0 aliphatic heterocycles. The molecular formula is C19H27N3O7S. The van der Waals surface area contributed by atoms with Crippen LogP contribution in [-0.2, 0) is 25.6 Å². The zero-order valence-electron chi connectivity index (χ0n) is 16.5. The van der Waals surface area contributed by atoms with Crippen LogP contribution in [0.2, 0.25) is 0 Å². The summed E-state index contributed by atoms with van der Waals surface area (Å²) in [5, 5.41) is 32.1. The van der Waals surface area contributed by atoms with E-state index in [1.54, 1.807) is 12.1 Å². The number of aromatic hydroxyl groups is 1. The standard InChI is InChI=1S/C19H27N3O7S/c1-30-9-8-14(18(27)22-15(19(28)29)6-7-16(24)25)21-17(26)13(20)10-11-2-4-12(23)5-3-11/h2-5,13-15,23H,6-10,20H2,1H3,(H,21,26)(H,22,27)(H,24,25)(H,28,29). The zero-order valence-corrected chi connectivity index (χ0v) is 17.4. The smallest absolute Gasteiger partial charge is 0.326 e. The highest BCUT2D eigenvalue weighted by molar-refractivity contribution is 7.98. The molecule has 1 aromatic rings. The molecule has 7 N–H and O–H groups in total. The van der Waals surface area contributed by atoms with Gasteiger partial charge in [0.1, 0.15) is 17.8 Å². The van der Waals surface area contributed by atoms with Gasteiger partial charge in [0.05, 0.1) is 6.04 Å². The van der Waals surface area contributed by atoms with Crippen molar-refractivity contribution in [1.82, 2.24) is 10.6 Å². The van der Waals surface area contributed by atoms with Crippen molar-refractivity contribution in [3.8, 4) is 5.75 Å². The predicted octanol–water partition coefficient (Wildman–Crippen LogP) is -0.0659. The van der Waals surface area contributed by atoms with E-state index in [4.69, 9.17) is 10.8 Å². The minimum Gasteiger partial charge on any atom is -0.508 e. The molecule has 10 nitrogen and oxygen atoms in total. The second-order valence-electron chi connectivity index (χ2n) is 6.65. The maximum Gasteiger partial charge on any atom is 0.326 e. The van der Waals surface area contributed by atoms with Crippen molar-refractivity contribution in [3.05, 3.63) is 29.8 Å². The number of carboxylic acid groups (broad SMARTS) is 2. The molecule has 3 unspecified atom stereocenters. The normalized spacial score (nSPS) is 13.7. The van der Waals surface area contributed by atoms with Gasteiger partial charge in [-0.25, -0.2) is 4.79 Å². The summed E-state index contributed by atoms with van der Waals surface area (Å²) in [6.07, 6.45) is 1.55. The van der Waals surface area contributed by atoms with E-state index in [9.17, 15) is 29.4 Å². The largest absolute Gasteiger partial charge is 0.508 e. The Morgan fingerprint density at radius 2 is 1.60 bits per heavy atom. The number of nitrogens with one attached hydrogen (secondary N) is 2. The molecule has 166 valence electrons. The van der Waals surface area contributed by atoms with Gasteiger partial charge >= 0.3 is 11.9 Å². The quantitative estimate of drug-likeness (QED) is 0.244. The Bertz CT molecular complexity index is 742. The van der Waals surface area contributed by atoms with Gasteiger partial charge in [0.25, 0.3) is 0 Å². The number of phenolic OH excluding ortho intramolecular Hbond substituents is 1. The Labute approximate surface area is 178 Å². The van der Waals surface area contributed by atoms with Gasteiger partial charge in [-0.15, -0.1) is 0 Å². The third-order valence-electron chi connectivity index (χ3n) is 4.23. The fourth-order valence-corrected chi connectivity index (χ4v) is 3.03.